The maximum absolute atomic E-state index is 3.86. The molecule has 2 aromatic rings. The number of hydrogen-bond donors (Lipinski definition) is 2. The zero-order valence-electron chi connectivity index (χ0n) is 6.15. The lowest BCUT2D eigenvalue weighted by molar-refractivity contribution is 0.940. The normalized spacial score (nSPS) is 8.45. The smallest absolute Gasteiger partial charge is 0.102 e. The zero-order chi connectivity index (χ0) is 7.94. The minimum absolute atomic E-state index is 0.968. The standard InChI is InChI=1S/C4H6N2.C2H3N3/c1-4-5-2-3-6-4;1-2-4-5-3-1/h2-3H,1H3,(H,5,6);1-2H,(H,3,4,5). The SMILES string of the molecule is Cc1ncc[nH]1.c1cn[nH]n1. The number of H-pyrrole nitrogens is 2. The van der Waals surface area contributed by atoms with Crippen molar-refractivity contribution in [1.82, 2.24) is 25.4 Å². The molecule has 5 nitrogen and oxygen atoms in total. The monoisotopic (exact) mass is 151 g/mol. The fourth-order valence-electron chi connectivity index (χ4n) is 0.511. The van der Waals surface area contributed by atoms with Gasteiger partial charge in [0, 0.05) is 12.4 Å². The first kappa shape index (κ1) is 7.46. The number of nitrogens with zero attached hydrogens (tertiary/aromatic N) is 3. The Bertz CT molecular complexity index is 229. The Kier molecular flexibility index (Phi) is 2.85. The third kappa shape index (κ3) is 3.14. The van der Waals surface area contributed by atoms with E-state index in [0.29, 0.717) is 0 Å². The summed E-state index contributed by atoms with van der Waals surface area (Å²) in [6, 6.07) is 0. The molecule has 0 saturated heterocycles. The third-order valence-electron chi connectivity index (χ3n) is 0.966. The second kappa shape index (κ2) is 4.21. The molecule has 0 atom stereocenters. The molecule has 5 heteroatoms. The highest BCUT2D eigenvalue weighted by Gasteiger charge is 1.73. The average Bonchev–Trinajstić information content (AvgIpc) is 2.57. The molecule has 11 heavy (non-hydrogen) atoms. The molecule has 58 valence electrons. The summed E-state index contributed by atoms with van der Waals surface area (Å²) in [5.74, 6) is 0.968. The molecule has 0 aliphatic carbocycles. The van der Waals surface area contributed by atoms with Crippen molar-refractivity contribution in [3.63, 3.8) is 0 Å². The number of rotatable bonds is 0. The first-order valence-electron chi connectivity index (χ1n) is 3.15. The van der Waals surface area contributed by atoms with E-state index in [1.54, 1.807) is 24.8 Å². The van der Waals surface area contributed by atoms with Gasteiger partial charge in [-0.05, 0) is 6.92 Å². The highest BCUT2D eigenvalue weighted by atomic mass is 15.3. The van der Waals surface area contributed by atoms with Crippen LogP contribution in [0.1, 0.15) is 5.82 Å². The van der Waals surface area contributed by atoms with Gasteiger partial charge in [0.15, 0.2) is 0 Å². The predicted molar refractivity (Wildman–Crippen MR) is 39.7 cm³/mol. The molecule has 0 bridgehead atoms. The summed E-state index contributed by atoms with van der Waals surface area (Å²) in [5, 5.41) is 9.33. The Morgan fingerprint density at radius 1 is 1.18 bits per heavy atom. The van der Waals surface area contributed by atoms with Gasteiger partial charge in [-0.15, -0.1) is 0 Å². The van der Waals surface area contributed by atoms with E-state index in [1.165, 1.54) is 0 Å². The van der Waals surface area contributed by atoms with Gasteiger partial charge in [-0.3, -0.25) is 0 Å². The second-order valence-corrected chi connectivity index (χ2v) is 1.83. The Hall–Kier alpha value is -1.65. The van der Waals surface area contributed by atoms with Crippen LogP contribution in [-0.2, 0) is 0 Å². The summed E-state index contributed by atoms with van der Waals surface area (Å²) in [5.41, 5.74) is 0. The van der Waals surface area contributed by atoms with Crippen LogP contribution in [0.3, 0.4) is 0 Å². The third-order valence-corrected chi connectivity index (χ3v) is 0.966. The van der Waals surface area contributed by atoms with Gasteiger partial charge < -0.3 is 4.98 Å². The van der Waals surface area contributed by atoms with Crippen molar-refractivity contribution in [2.45, 2.75) is 6.92 Å². The van der Waals surface area contributed by atoms with Crippen LogP contribution in [0.4, 0.5) is 0 Å². The molecule has 2 heterocycles. The quantitative estimate of drug-likeness (QED) is 0.576. The number of aryl methyl sites for hydroxylation is 1. The maximum atomic E-state index is 3.86. The molecule has 0 amide bonds. The summed E-state index contributed by atoms with van der Waals surface area (Å²) in [6.45, 7) is 1.92. The summed E-state index contributed by atoms with van der Waals surface area (Å²) in [6.07, 6.45) is 6.70. The topological polar surface area (TPSA) is 70.2 Å². The molecular formula is C6H9N5. The summed E-state index contributed by atoms with van der Waals surface area (Å²) >= 11 is 0. The van der Waals surface area contributed by atoms with E-state index in [9.17, 15) is 0 Å². The van der Waals surface area contributed by atoms with E-state index < -0.39 is 0 Å². The van der Waals surface area contributed by atoms with Crippen molar-refractivity contribution in [2.75, 3.05) is 0 Å². The van der Waals surface area contributed by atoms with E-state index in [-0.39, 0.29) is 0 Å². The van der Waals surface area contributed by atoms with Crippen molar-refractivity contribution in [1.29, 1.82) is 0 Å². The Labute approximate surface area is 63.9 Å². The van der Waals surface area contributed by atoms with Crippen LogP contribution in [0.5, 0.6) is 0 Å². The van der Waals surface area contributed by atoms with Gasteiger partial charge in [0.25, 0.3) is 0 Å². The van der Waals surface area contributed by atoms with Crippen molar-refractivity contribution < 1.29 is 0 Å². The lowest BCUT2D eigenvalue weighted by atomic mass is 10.8. The molecule has 2 rings (SSSR count). The molecule has 0 radical (unpaired) electrons. The van der Waals surface area contributed by atoms with Crippen LogP contribution in [0.2, 0.25) is 0 Å². The minimum atomic E-state index is 0.968. The van der Waals surface area contributed by atoms with Crippen LogP contribution in [-0.4, -0.2) is 25.4 Å². The van der Waals surface area contributed by atoms with E-state index in [0.717, 1.165) is 5.82 Å². The molecular weight excluding hydrogens is 142 g/mol. The van der Waals surface area contributed by atoms with Gasteiger partial charge in [-0.2, -0.15) is 15.4 Å². The molecule has 0 aromatic carbocycles. The summed E-state index contributed by atoms with van der Waals surface area (Å²) in [7, 11) is 0. The highest BCUT2D eigenvalue weighted by molar-refractivity contribution is 4.80. The first-order valence-corrected chi connectivity index (χ1v) is 3.15. The van der Waals surface area contributed by atoms with E-state index in [2.05, 4.69) is 25.4 Å². The van der Waals surface area contributed by atoms with Gasteiger partial charge in [0.1, 0.15) is 5.82 Å². The first-order chi connectivity index (χ1) is 5.39. The van der Waals surface area contributed by atoms with Crippen LogP contribution in [0.15, 0.2) is 24.8 Å². The Balaban J connectivity index is 0.000000112. The van der Waals surface area contributed by atoms with Crippen LogP contribution >= 0.6 is 0 Å². The largest absolute Gasteiger partial charge is 0.349 e. The van der Waals surface area contributed by atoms with Gasteiger partial charge in [0.05, 0.1) is 12.4 Å². The summed E-state index contributed by atoms with van der Waals surface area (Å²) < 4.78 is 0. The van der Waals surface area contributed by atoms with E-state index >= 15 is 0 Å². The molecule has 0 spiro atoms. The Morgan fingerprint density at radius 2 is 1.91 bits per heavy atom. The van der Waals surface area contributed by atoms with Crippen LogP contribution < -0.4 is 0 Å². The minimum Gasteiger partial charge on any atom is -0.349 e. The maximum Gasteiger partial charge on any atom is 0.102 e. The van der Waals surface area contributed by atoms with E-state index in [4.69, 9.17) is 0 Å². The van der Waals surface area contributed by atoms with E-state index in [1.807, 2.05) is 6.92 Å². The molecule has 0 unspecified atom stereocenters. The van der Waals surface area contributed by atoms with Crippen LogP contribution in [0.25, 0.3) is 0 Å². The number of hydrogen-bond acceptors (Lipinski definition) is 3. The molecule has 0 fully saturated rings. The molecule has 2 aromatic heterocycles. The van der Waals surface area contributed by atoms with Gasteiger partial charge in [-0.1, -0.05) is 0 Å². The highest BCUT2D eigenvalue weighted by Crippen LogP contribution is 1.78. The lowest BCUT2D eigenvalue weighted by Crippen LogP contribution is -1.66. The number of aromatic nitrogens is 5. The zero-order valence-corrected chi connectivity index (χ0v) is 6.15. The number of nitrogens with one attached hydrogen (secondary N) is 2. The fourth-order valence-corrected chi connectivity index (χ4v) is 0.511. The van der Waals surface area contributed by atoms with Gasteiger partial charge in [0.2, 0.25) is 0 Å². The van der Waals surface area contributed by atoms with Gasteiger partial charge in [-0.25, -0.2) is 4.98 Å². The Morgan fingerprint density at radius 3 is 2.09 bits per heavy atom. The van der Waals surface area contributed by atoms with Gasteiger partial charge >= 0.3 is 0 Å². The molecule has 0 saturated carbocycles. The predicted octanol–water partition coefficient (Wildman–Crippen LogP) is 0.523. The summed E-state index contributed by atoms with van der Waals surface area (Å²) in [4.78, 5) is 6.75. The lowest BCUT2D eigenvalue weighted by Gasteiger charge is -1.68. The molecule has 0 aliphatic heterocycles. The average molecular weight is 151 g/mol. The molecule has 2 N–H and O–H groups in total. The fraction of sp³-hybridized carbons (Fsp3) is 0.167. The number of imidazole rings is 1. The van der Waals surface area contributed by atoms with Crippen molar-refractivity contribution >= 4 is 0 Å². The molecule has 0 aliphatic rings. The number of aromatic amines is 2. The van der Waals surface area contributed by atoms with Crippen LogP contribution in [0, 0.1) is 6.92 Å². The van der Waals surface area contributed by atoms with Crippen molar-refractivity contribution in [3.05, 3.63) is 30.6 Å². The van der Waals surface area contributed by atoms with Crippen molar-refractivity contribution in [3.8, 4) is 0 Å². The second-order valence-electron chi connectivity index (χ2n) is 1.83. The van der Waals surface area contributed by atoms with Crippen molar-refractivity contribution in [2.24, 2.45) is 0 Å².